The van der Waals surface area contributed by atoms with Crippen molar-refractivity contribution in [3.8, 4) is 11.5 Å². The smallest absolute Gasteiger partial charge is 0.237 e. The highest BCUT2D eigenvalue weighted by Crippen LogP contribution is 2.33. The molecule has 2 atom stereocenters. The first-order valence-corrected chi connectivity index (χ1v) is 7.61. The molecule has 0 aliphatic carbocycles. The van der Waals surface area contributed by atoms with Crippen molar-refractivity contribution in [3.63, 3.8) is 0 Å². The zero-order valence-electron chi connectivity index (χ0n) is 12.7. The summed E-state index contributed by atoms with van der Waals surface area (Å²) < 4.78 is 11.1. The summed E-state index contributed by atoms with van der Waals surface area (Å²) >= 11 is 0. The second-order valence-corrected chi connectivity index (χ2v) is 5.27. The van der Waals surface area contributed by atoms with Crippen LogP contribution in [0, 0.1) is 0 Å². The number of fused-ring (bicyclic) bond motifs is 1. The van der Waals surface area contributed by atoms with E-state index < -0.39 is 6.04 Å². The van der Waals surface area contributed by atoms with Gasteiger partial charge in [-0.2, -0.15) is 0 Å². The van der Waals surface area contributed by atoms with Crippen LogP contribution in [0.2, 0.25) is 0 Å². The van der Waals surface area contributed by atoms with Crippen molar-refractivity contribution in [2.45, 2.75) is 45.2 Å². The van der Waals surface area contributed by atoms with Gasteiger partial charge in [0.25, 0.3) is 0 Å². The van der Waals surface area contributed by atoms with E-state index in [1.54, 1.807) is 0 Å². The molecule has 1 aromatic rings. The number of amides is 1. The molecule has 0 fully saturated rings. The number of rotatable bonds is 6. The van der Waals surface area contributed by atoms with E-state index in [0.717, 1.165) is 29.9 Å². The molecule has 0 bridgehead atoms. The van der Waals surface area contributed by atoms with Crippen LogP contribution >= 0.6 is 0 Å². The van der Waals surface area contributed by atoms with Gasteiger partial charge in [-0.1, -0.05) is 26.3 Å². The number of benzene rings is 1. The Hall–Kier alpha value is -1.75. The van der Waals surface area contributed by atoms with Crippen LogP contribution in [0.3, 0.4) is 0 Å². The van der Waals surface area contributed by atoms with E-state index in [1.807, 2.05) is 32.0 Å². The second-order valence-electron chi connectivity index (χ2n) is 5.27. The normalized spacial score (nSPS) is 16.1. The standard InChI is InChI=1S/C16H24N2O3/c1-3-5-12(17)16(19)18-13(4-2)11-6-7-14-15(10-11)21-9-8-20-14/h6-7,10,12-13H,3-5,8-9,17H2,1-2H3,(H,18,19). The molecule has 0 spiro atoms. The fourth-order valence-corrected chi connectivity index (χ4v) is 2.42. The predicted octanol–water partition coefficient (Wildman–Crippen LogP) is 2.15. The number of hydrogen-bond donors (Lipinski definition) is 2. The lowest BCUT2D eigenvalue weighted by atomic mass is 10.0. The van der Waals surface area contributed by atoms with Crippen molar-refractivity contribution in [1.82, 2.24) is 5.32 Å². The Labute approximate surface area is 125 Å². The van der Waals surface area contributed by atoms with E-state index in [4.69, 9.17) is 15.2 Å². The van der Waals surface area contributed by atoms with E-state index >= 15 is 0 Å². The van der Waals surface area contributed by atoms with Crippen LogP contribution < -0.4 is 20.5 Å². The number of nitrogens with two attached hydrogens (primary N) is 1. The van der Waals surface area contributed by atoms with Gasteiger partial charge in [0.1, 0.15) is 13.2 Å². The summed E-state index contributed by atoms with van der Waals surface area (Å²) in [5.74, 6) is 1.40. The highest BCUT2D eigenvalue weighted by molar-refractivity contribution is 5.81. The summed E-state index contributed by atoms with van der Waals surface area (Å²) in [4.78, 5) is 12.1. The first-order valence-electron chi connectivity index (χ1n) is 7.61. The van der Waals surface area contributed by atoms with Crippen LogP contribution in [0.4, 0.5) is 0 Å². The highest BCUT2D eigenvalue weighted by Gasteiger charge is 2.20. The summed E-state index contributed by atoms with van der Waals surface area (Å²) in [6, 6.07) is 5.30. The minimum atomic E-state index is -0.443. The Bertz CT molecular complexity index is 490. The largest absolute Gasteiger partial charge is 0.486 e. The molecule has 2 rings (SSSR count). The highest BCUT2D eigenvalue weighted by atomic mass is 16.6. The molecule has 21 heavy (non-hydrogen) atoms. The topological polar surface area (TPSA) is 73.6 Å². The van der Waals surface area contributed by atoms with Crippen LogP contribution in [-0.2, 0) is 4.79 Å². The number of ether oxygens (including phenoxy) is 2. The number of nitrogens with one attached hydrogen (secondary N) is 1. The Kier molecular flexibility index (Phi) is 5.44. The summed E-state index contributed by atoms with van der Waals surface area (Å²) in [6.45, 7) is 5.19. The minimum Gasteiger partial charge on any atom is -0.486 e. The third-order valence-electron chi connectivity index (χ3n) is 3.63. The minimum absolute atomic E-state index is 0.0590. The van der Waals surface area contributed by atoms with Crippen molar-refractivity contribution < 1.29 is 14.3 Å². The van der Waals surface area contributed by atoms with E-state index in [9.17, 15) is 4.79 Å². The molecule has 0 radical (unpaired) electrons. The van der Waals surface area contributed by atoms with Gasteiger partial charge in [-0.25, -0.2) is 0 Å². The molecule has 2 unspecified atom stereocenters. The van der Waals surface area contributed by atoms with Gasteiger partial charge in [0.2, 0.25) is 5.91 Å². The van der Waals surface area contributed by atoms with E-state index in [1.165, 1.54) is 0 Å². The molecule has 0 aromatic heterocycles. The van der Waals surface area contributed by atoms with Gasteiger partial charge >= 0.3 is 0 Å². The lowest BCUT2D eigenvalue weighted by Gasteiger charge is -2.23. The molecule has 116 valence electrons. The van der Waals surface area contributed by atoms with Gasteiger partial charge < -0.3 is 20.5 Å². The predicted molar refractivity (Wildman–Crippen MR) is 81.5 cm³/mol. The molecule has 5 heteroatoms. The monoisotopic (exact) mass is 292 g/mol. The van der Waals surface area contributed by atoms with Gasteiger partial charge in [-0.15, -0.1) is 0 Å². The quantitative estimate of drug-likeness (QED) is 0.842. The summed E-state index contributed by atoms with van der Waals surface area (Å²) in [7, 11) is 0. The van der Waals surface area contributed by atoms with Gasteiger partial charge in [-0.05, 0) is 30.5 Å². The molecule has 1 aromatic carbocycles. The van der Waals surface area contributed by atoms with Gasteiger partial charge in [0, 0.05) is 0 Å². The molecule has 0 saturated carbocycles. The third-order valence-corrected chi connectivity index (χ3v) is 3.63. The molecule has 1 aliphatic rings. The summed E-state index contributed by atoms with van der Waals surface area (Å²) in [5, 5.41) is 3.01. The van der Waals surface area contributed by atoms with Crippen molar-refractivity contribution in [2.75, 3.05) is 13.2 Å². The fourth-order valence-electron chi connectivity index (χ4n) is 2.42. The lowest BCUT2D eigenvalue weighted by molar-refractivity contribution is -0.123. The van der Waals surface area contributed by atoms with E-state index in [2.05, 4.69) is 5.32 Å². The van der Waals surface area contributed by atoms with Crippen LogP contribution in [0.15, 0.2) is 18.2 Å². The Balaban J connectivity index is 2.08. The number of carbonyl (C=O) groups is 1. The van der Waals surface area contributed by atoms with Gasteiger partial charge in [-0.3, -0.25) is 4.79 Å². The van der Waals surface area contributed by atoms with Crippen molar-refractivity contribution in [3.05, 3.63) is 23.8 Å². The van der Waals surface area contributed by atoms with Crippen LogP contribution in [0.25, 0.3) is 0 Å². The Morgan fingerprint density at radius 2 is 2.00 bits per heavy atom. The van der Waals surface area contributed by atoms with Crippen molar-refractivity contribution in [1.29, 1.82) is 0 Å². The molecule has 5 nitrogen and oxygen atoms in total. The maximum atomic E-state index is 12.1. The molecule has 1 amide bonds. The van der Waals surface area contributed by atoms with Gasteiger partial charge in [0.15, 0.2) is 11.5 Å². The molecule has 1 heterocycles. The Morgan fingerprint density at radius 3 is 2.67 bits per heavy atom. The molecular formula is C16H24N2O3. The summed E-state index contributed by atoms with van der Waals surface area (Å²) in [5.41, 5.74) is 6.88. The van der Waals surface area contributed by atoms with Crippen LogP contribution in [0.1, 0.15) is 44.7 Å². The maximum absolute atomic E-state index is 12.1. The Morgan fingerprint density at radius 1 is 1.29 bits per heavy atom. The van der Waals surface area contributed by atoms with Crippen molar-refractivity contribution >= 4 is 5.91 Å². The molecule has 1 aliphatic heterocycles. The van der Waals surface area contributed by atoms with Crippen LogP contribution in [0.5, 0.6) is 11.5 Å². The first kappa shape index (κ1) is 15.6. The van der Waals surface area contributed by atoms with Crippen molar-refractivity contribution in [2.24, 2.45) is 5.73 Å². The number of carbonyl (C=O) groups excluding carboxylic acids is 1. The maximum Gasteiger partial charge on any atom is 0.237 e. The third kappa shape index (κ3) is 3.88. The average Bonchev–Trinajstić information content (AvgIpc) is 2.52. The summed E-state index contributed by atoms with van der Waals surface area (Å²) in [6.07, 6.45) is 2.39. The number of hydrogen-bond acceptors (Lipinski definition) is 4. The first-order chi connectivity index (χ1) is 10.2. The zero-order valence-corrected chi connectivity index (χ0v) is 12.7. The SMILES string of the molecule is CCCC(N)C(=O)NC(CC)c1ccc2c(c1)OCCO2. The molecule has 0 saturated heterocycles. The van der Waals surface area contributed by atoms with Gasteiger partial charge in [0.05, 0.1) is 12.1 Å². The molecular weight excluding hydrogens is 268 g/mol. The second kappa shape index (κ2) is 7.31. The zero-order chi connectivity index (χ0) is 15.2. The molecule has 3 N–H and O–H groups in total. The van der Waals surface area contributed by atoms with E-state index in [0.29, 0.717) is 19.6 Å². The lowest BCUT2D eigenvalue weighted by Crippen LogP contribution is -2.42. The average molecular weight is 292 g/mol. The van der Waals surface area contributed by atoms with Crippen LogP contribution in [-0.4, -0.2) is 25.2 Å². The fraction of sp³-hybridized carbons (Fsp3) is 0.562. The van der Waals surface area contributed by atoms with E-state index in [-0.39, 0.29) is 11.9 Å².